The van der Waals surface area contributed by atoms with Crippen molar-refractivity contribution in [3.63, 3.8) is 0 Å². The van der Waals surface area contributed by atoms with Gasteiger partial charge in [0, 0.05) is 23.2 Å². The Morgan fingerprint density at radius 1 is 1.31 bits per heavy atom. The van der Waals surface area contributed by atoms with Gasteiger partial charge in [0.05, 0.1) is 5.56 Å². The molecule has 0 saturated carbocycles. The number of thiophene rings is 1. The predicted molar refractivity (Wildman–Crippen MR) is 83.1 cm³/mol. The fourth-order valence-electron chi connectivity index (χ4n) is 1.97. The van der Waals surface area contributed by atoms with Crippen LogP contribution in [0.1, 0.15) is 11.5 Å². The molecule has 3 rings (SSSR count). The summed E-state index contributed by atoms with van der Waals surface area (Å²) in [7, 11) is 0. The molecule has 0 aromatic carbocycles. The molecule has 3 heterocycles. The molecule has 0 aliphatic heterocycles. The second kappa shape index (κ2) is 7.12. The number of carbonyl (C=O) groups is 1. The maximum Gasteiger partial charge on any atom is 0.417 e. The molecular weight excluding hydrogens is 375 g/mol. The number of nitrogens with zero attached hydrogens (tertiary/aromatic N) is 3. The van der Waals surface area contributed by atoms with E-state index in [1.54, 1.807) is 11.4 Å². The predicted octanol–water partition coefficient (Wildman–Crippen LogP) is 2.72. The number of rotatable bonds is 5. The van der Waals surface area contributed by atoms with Gasteiger partial charge in [0.1, 0.15) is 6.54 Å². The molecule has 11 heteroatoms. The Bertz CT molecular complexity index is 963. The second-order valence-electron chi connectivity index (χ2n) is 5.07. The minimum absolute atomic E-state index is 0.0240. The third-order valence-electron chi connectivity index (χ3n) is 3.21. The number of ether oxygens (including phenoxy) is 1. The van der Waals surface area contributed by atoms with E-state index in [1.807, 2.05) is 5.38 Å². The molecule has 0 saturated heterocycles. The van der Waals surface area contributed by atoms with Crippen LogP contribution < -0.4 is 5.56 Å². The Labute approximate surface area is 147 Å². The lowest BCUT2D eigenvalue weighted by Crippen LogP contribution is -2.26. The molecule has 0 aliphatic carbocycles. The lowest BCUT2D eigenvalue weighted by atomic mass is 10.3. The summed E-state index contributed by atoms with van der Waals surface area (Å²) in [5.41, 5.74) is -1.05. The Morgan fingerprint density at radius 3 is 2.81 bits per heavy atom. The number of carbonyl (C=O) groups excluding carboxylic acids is 1. The van der Waals surface area contributed by atoms with Crippen LogP contribution >= 0.6 is 11.3 Å². The molecule has 7 nitrogen and oxygen atoms in total. The van der Waals surface area contributed by atoms with E-state index in [1.165, 1.54) is 11.3 Å². The number of esters is 1. The first kappa shape index (κ1) is 17.9. The Hall–Kier alpha value is -2.95. The summed E-state index contributed by atoms with van der Waals surface area (Å²) in [5.74, 6) is -0.566. The summed E-state index contributed by atoms with van der Waals surface area (Å²) in [6, 6.07) is 3.17. The van der Waals surface area contributed by atoms with Crippen molar-refractivity contribution in [1.82, 2.24) is 14.7 Å². The highest BCUT2D eigenvalue weighted by Gasteiger charge is 2.31. The molecule has 0 aliphatic rings. The van der Waals surface area contributed by atoms with Crippen molar-refractivity contribution in [2.75, 3.05) is 0 Å². The van der Waals surface area contributed by atoms with E-state index in [4.69, 9.17) is 9.26 Å². The van der Waals surface area contributed by atoms with E-state index in [0.29, 0.717) is 22.7 Å². The van der Waals surface area contributed by atoms with Crippen LogP contribution in [-0.2, 0) is 28.9 Å². The van der Waals surface area contributed by atoms with Crippen LogP contribution in [0, 0.1) is 0 Å². The molecule has 3 aromatic heterocycles. The SMILES string of the molecule is O=C(Cn1cc(C(F)(F)F)ccc1=O)OCc1nc(-c2ccsc2)no1. The van der Waals surface area contributed by atoms with E-state index in [2.05, 4.69) is 10.1 Å². The van der Waals surface area contributed by atoms with E-state index in [9.17, 15) is 22.8 Å². The fourth-order valence-corrected chi connectivity index (χ4v) is 2.61. The molecule has 0 fully saturated rings. The lowest BCUT2D eigenvalue weighted by Gasteiger charge is -2.10. The Balaban J connectivity index is 1.62. The number of hydrogen-bond acceptors (Lipinski definition) is 7. The van der Waals surface area contributed by atoms with Crippen molar-refractivity contribution in [2.45, 2.75) is 19.3 Å². The quantitative estimate of drug-likeness (QED) is 0.628. The van der Waals surface area contributed by atoms with Crippen LogP contribution in [0.15, 0.2) is 44.5 Å². The molecular formula is C15H10F3N3O4S. The van der Waals surface area contributed by atoms with Crippen molar-refractivity contribution in [3.05, 3.63) is 57.0 Å². The molecule has 0 radical (unpaired) electrons. The number of hydrogen-bond donors (Lipinski definition) is 0. The first-order valence-electron chi connectivity index (χ1n) is 7.11. The van der Waals surface area contributed by atoms with Gasteiger partial charge in [-0.3, -0.25) is 9.59 Å². The topological polar surface area (TPSA) is 87.2 Å². The van der Waals surface area contributed by atoms with Crippen LogP contribution in [-0.4, -0.2) is 20.7 Å². The fraction of sp³-hybridized carbons (Fsp3) is 0.200. The molecule has 136 valence electrons. The zero-order chi connectivity index (χ0) is 18.7. The molecule has 0 spiro atoms. The summed E-state index contributed by atoms with van der Waals surface area (Å²) >= 11 is 1.45. The molecule has 0 amide bonds. The minimum Gasteiger partial charge on any atom is -0.454 e. The smallest absolute Gasteiger partial charge is 0.417 e. The highest BCUT2D eigenvalue weighted by Crippen LogP contribution is 2.28. The standard InChI is InChI=1S/C15H10F3N3O4S/c16-15(17,18)10-1-2-12(22)21(5-10)6-13(23)24-7-11-19-14(20-25-11)9-3-4-26-8-9/h1-5,8H,6-7H2. The van der Waals surface area contributed by atoms with Crippen LogP contribution in [0.25, 0.3) is 11.4 Å². The molecule has 26 heavy (non-hydrogen) atoms. The van der Waals surface area contributed by atoms with Gasteiger partial charge in [-0.05, 0) is 17.5 Å². The van der Waals surface area contributed by atoms with Gasteiger partial charge in [0.15, 0.2) is 6.61 Å². The summed E-state index contributed by atoms with van der Waals surface area (Å²) in [5, 5.41) is 7.36. The van der Waals surface area contributed by atoms with Gasteiger partial charge in [-0.2, -0.15) is 29.5 Å². The van der Waals surface area contributed by atoms with Gasteiger partial charge < -0.3 is 13.8 Å². The van der Waals surface area contributed by atoms with Crippen molar-refractivity contribution >= 4 is 17.3 Å². The maximum absolute atomic E-state index is 12.7. The van der Waals surface area contributed by atoms with Crippen molar-refractivity contribution < 1.29 is 27.2 Å². The largest absolute Gasteiger partial charge is 0.454 e. The number of pyridine rings is 1. The second-order valence-corrected chi connectivity index (χ2v) is 5.85. The van der Waals surface area contributed by atoms with Gasteiger partial charge in [0.2, 0.25) is 5.82 Å². The molecule has 0 atom stereocenters. The minimum atomic E-state index is -4.62. The van der Waals surface area contributed by atoms with Crippen LogP contribution in [0.3, 0.4) is 0 Å². The summed E-state index contributed by atoms with van der Waals surface area (Å²) in [4.78, 5) is 27.4. The highest BCUT2D eigenvalue weighted by atomic mass is 32.1. The van der Waals surface area contributed by atoms with Crippen LogP contribution in [0.2, 0.25) is 0 Å². The summed E-state index contributed by atoms with van der Waals surface area (Å²) in [6.45, 7) is -1.03. The summed E-state index contributed by atoms with van der Waals surface area (Å²) < 4.78 is 48.4. The van der Waals surface area contributed by atoms with Gasteiger partial charge >= 0.3 is 12.1 Å². The van der Waals surface area contributed by atoms with E-state index in [-0.39, 0.29) is 12.5 Å². The average molecular weight is 385 g/mol. The zero-order valence-electron chi connectivity index (χ0n) is 12.9. The third-order valence-corrected chi connectivity index (χ3v) is 3.90. The van der Waals surface area contributed by atoms with Gasteiger partial charge in [0.25, 0.3) is 11.4 Å². The molecule has 3 aromatic rings. The Morgan fingerprint density at radius 2 is 2.12 bits per heavy atom. The first-order valence-corrected chi connectivity index (χ1v) is 8.05. The van der Waals surface area contributed by atoms with Gasteiger partial charge in [-0.25, -0.2) is 0 Å². The number of alkyl halides is 3. The van der Waals surface area contributed by atoms with E-state index < -0.39 is 29.8 Å². The van der Waals surface area contributed by atoms with Crippen LogP contribution in [0.5, 0.6) is 0 Å². The highest BCUT2D eigenvalue weighted by molar-refractivity contribution is 7.08. The lowest BCUT2D eigenvalue weighted by molar-refractivity contribution is -0.147. The average Bonchev–Trinajstić information content (AvgIpc) is 3.25. The van der Waals surface area contributed by atoms with Crippen molar-refractivity contribution in [3.8, 4) is 11.4 Å². The summed E-state index contributed by atoms with van der Waals surface area (Å²) in [6.07, 6.45) is -4.06. The Kier molecular flexibility index (Phi) is 4.89. The first-order chi connectivity index (χ1) is 12.3. The van der Waals surface area contributed by atoms with Crippen molar-refractivity contribution in [1.29, 1.82) is 0 Å². The van der Waals surface area contributed by atoms with E-state index >= 15 is 0 Å². The monoisotopic (exact) mass is 385 g/mol. The molecule has 0 unspecified atom stereocenters. The van der Waals surface area contributed by atoms with Crippen molar-refractivity contribution in [2.24, 2.45) is 0 Å². The third kappa shape index (κ3) is 4.17. The number of aromatic nitrogens is 3. The number of halogens is 3. The zero-order valence-corrected chi connectivity index (χ0v) is 13.7. The molecule has 0 N–H and O–H groups in total. The van der Waals surface area contributed by atoms with Crippen LogP contribution in [0.4, 0.5) is 13.2 Å². The normalized spacial score (nSPS) is 11.5. The molecule has 0 bridgehead atoms. The van der Waals surface area contributed by atoms with Gasteiger partial charge in [-0.1, -0.05) is 5.16 Å². The maximum atomic E-state index is 12.7. The van der Waals surface area contributed by atoms with E-state index in [0.717, 1.165) is 11.6 Å². The van der Waals surface area contributed by atoms with Gasteiger partial charge in [-0.15, -0.1) is 0 Å².